The Hall–Kier alpha value is -2.27. The Morgan fingerprint density at radius 3 is 2.65 bits per heavy atom. The van der Waals surface area contributed by atoms with Gasteiger partial charge < -0.3 is 4.90 Å². The topological polar surface area (TPSA) is 94.6 Å². The number of nitro benzene ring substituents is 1. The third-order valence-electron chi connectivity index (χ3n) is 3.69. The molecule has 1 aromatic carbocycles. The molecule has 0 bridgehead atoms. The van der Waals surface area contributed by atoms with Crippen molar-refractivity contribution in [3.05, 3.63) is 28.3 Å². The number of nitrogens with one attached hydrogen (secondary N) is 1. The van der Waals surface area contributed by atoms with E-state index in [-0.39, 0.29) is 10.6 Å². The Morgan fingerprint density at radius 1 is 1.39 bits per heavy atom. The first-order valence-electron chi connectivity index (χ1n) is 7.47. The van der Waals surface area contributed by atoms with Crippen LogP contribution in [0.2, 0.25) is 0 Å². The Balaban J connectivity index is 2.34. The van der Waals surface area contributed by atoms with Gasteiger partial charge in [-0.15, -0.1) is 0 Å². The molecule has 23 heavy (non-hydrogen) atoms. The van der Waals surface area contributed by atoms with Crippen molar-refractivity contribution >= 4 is 34.0 Å². The lowest BCUT2D eigenvalue weighted by Gasteiger charge is -2.22. The lowest BCUT2D eigenvalue weighted by atomic mass is 10.2. The zero-order valence-electron chi connectivity index (χ0n) is 13.0. The zero-order chi connectivity index (χ0) is 16.7. The molecule has 0 radical (unpaired) electrons. The molecule has 7 nitrogen and oxygen atoms in total. The van der Waals surface area contributed by atoms with Crippen LogP contribution in [0.1, 0.15) is 25.7 Å². The van der Waals surface area contributed by atoms with Gasteiger partial charge in [-0.2, -0.15) is 5.26 Å². The van der Waals surface area contributed by atoms with Crippen LogP contribution in [-0.2, 0) is 0 Å². The molecule has 0 aliphatic carbocycles. The molecule has 1 aliphatic rings. The van der Waals surface area contributed by atoms with Crippen molar-refractivity contribution in [1.82, 2.24) is 5.32 Å². The van der Waals surface area contributed by atoms with Gasteiger partial charge in [-0.25, -0.2) is 4.99 Å². The van der Waals surface area contributed by atoms with E-state index in [1.165, 1.54) is 30.7 Å². The van der Waals surface area contributed by atoms with E-state index in [0.717, 1.165) is 25.9 Å². The van der Waals surface area contributed by atoms with E-state index >= 15 is 0 Å². The van der Waals surface area contributed by atoms with Crippen molar-refractivity contribution < 1.29 is 4.92 Å². The fraction of sp³-hybridized carbons (Fsp3) is 0.467. The van der Waals surface area contributed by atoms with Crippen LogP contribution in [0.4, 0.5) is 17.1 Å². The third kappa shape index (κ3) is 4.60. The van der Waals surface area contributed by atoms with E-state index in [4.69, 9.17) is 5.26 Å². The Bertz CT molecular complexity index is 633. The summed E-state index contributed by atoms with van der Waals surface area (Å²) in [7, 11) is 0. The number of anilines is 1. The first-order valence-corrected chi connectivity index (χ1v) is 8.69. The van der Waals surface area contributed by atoms with Crippen molar-refractivity contribution in [3.8, 4) is 6.19 Å². The molecule has 8 heteroatoms. The maximum Gasteiger partial charge on any atom is 0.294 e. The smallest absolute Gasteiger partial charge is 0.294 e. The Labute approximate surface area is 139 Å². The van der Waals surface area contributed by atoms with E-state index in [1.807, 2.05) is 0 Å². The van der Waals surface area contributed by atoms with Gasteiger partial charge in [-0.3, -0.25) is 15.4 Å². The molecule has 0 aromatic heterocycles. The van der Waals surface area contributed by atoms with Crippen LogP contribution in [0.15, 0.2) is 23.2 Å². The molecule has 0 atom stereocenters. The molecule has 0 unspecified atom stereocenters. The summed E-state index contributed by atoms with van der Waals surface area (Å²) in [4.78, 5) is 17.4. The number of amidine groups is 1. The van der Waals surface area contributed by atoms with Crippen LogP contribution in [0.5, 0.6) is 0 Å². The van der Waals surface area contributed by atoms with E-state index in [1.54, 1.807) is 24.6 Å². The minimum absolute atomic E-state index is 0.0607. The summed E-state index contributed by atoms with van der Waals surface area (Å²) in [5.41, 5.74) is 1.17. The van der Waals surface area contributed by atoms with Crippen molar-refractivity contribution in [3.63, 3.8) is 0 Å². The van der Waals surface area contributed by atoms with Crippen LogP contribution in [-0.4, -0.2) is 29.4 Å². The molecule has 1 N–H and O–H groups in total. The van der Waals surface area contributed by atoms with E-state index in [9.17, 15) is 10.1 Å². The highest BCUT2D eigenvalue weighted by Crippen LogP contribution is 2.33. The third-order valence-corrected chi connectivity index (χ3v) is 4.27. The fourth-order valence-electron chi connectivity index (χ4n) is 2.60. The summed E-state index contributed by atoms with van der Waals surface area (Å²) in [5, 5.41) is 23.0. The van der Waals surface area contributed by atoms with Gasteiger partial charge in [0, 0.05) is 19.2 Å². The summed E-state index contributed by atoms with van der Waals surface area (Å²) in [6.45, 7) is 1.69. The highest BCUT2D eigenvalue weighted by molar-refractivity contribution is 8.13. The number of nitro groups is 1. The SMILES string of the molecule is CSC(=Nc1ccc(N2CCCCCC2)c([N+](=O)[O-])c1)NC#N. The second-order valence-corrected chi connectivity index (χ2v) is 5.98. The highest BCUT2D eigenvalue weighted by atomic mass is 32.2. The minimum atomic E-state index is -0.365. The van der Waals surface area contributed by atoms with E-state index in [0.29, 0.717) is 16.5 Å². The molecule has 122 valence electrons. The number of hydrogen-bond donors (Lipinski definition) is 1. The number of hydrogen-bond acceptors (Lipinski definition) is 6. The molecule has 0 spiro atoms. The number of nitriles is 1. The summed E-state index contributed by atoms with van der Waals surface area (Å²) in [6, 6.07) is 4.98. The standard InChI is InChI=1S/C15H19N5O2S/c1-23-15(17-11-16)18-12-6-7-13(14(10-12)20(21)22)19-8-4-2-3-5-9-19/h6-7,10H,2-5,8-9H2,1H3,(H,17,18). The molecule has 1 saturated heterocycles. The summed E-state index contributed by atoms with van der Waals surface area (Å²) < 4.78 is 0. The molecule has 0 saturated carbocycles. The van der Waals surface area contributed by atoms with Crippen molar-refractivity contribution in [1.29, 1.82) is 5.26 Å². The number of aliphatic imine (C=N–C) groups is 1. The van der Waals surface area contributed by atoms with Gasteiger partial charge in [-0.1, -0.05) is 24.6 Å². The van der Waals surface area contributed by atoms with Crippen LogP contribution in [0, 0.1) is 21.6 Å². The lowest BCUT2D eigenvalue weighted by Crippen LogP contribution is -2.24. The van der Waals surface area contributed by atoms with E-state index < -0.39 is 0 Å². The molecule has 1 aromatic rings. The van der Waals surface area contributed by atoms with Gasteiger partial charge in [-0.05, 0) is 31.2 Å². The summed E-state index contributed by atoms with van der Waals surface area (Å²) in [6.07, 6.45) is 8.03. The summed E-state index contributed by atoms with van der Waals surface area (Å²) in [5.74, 6) is 0. The summed E-state index contributed by atoms with van der Waals surface area (Å²) >= 11 is 1.27. The lowest BCUT2D eigenvalue weighted by molar-refractivity contribution is -0.384. The second-order valence-electron chi connectivity index (χ2n) is 5.19. The predicted octanol–water partition coefficient (Wildman–Crippen LogP) is 3.40. The largest absolute Gasteiger partial charge is 0.366 e. The van der Waals surface area contributed by atoms with Gasteiger partial charge in [0.05, 0.1) is 10.6 Å². The number of nitrogens with zero attached hydrogens (tertiary/aromatic N) is 4. The van der Waals surface area contributed by atoms with E-state index in [2.05, 4.69) is 15.2 Å². The van der Waals surface area contributed by atoms with Gasteiger partial charge in [0.15, 0.2) is 11.4 Å². The molecule has 0 amide bonds. The van der Waals surface area contributed by atoms with Crippen LogP contribution < -0.4 is 10.2 Å². The minimum Gasteiger partial charge on any atom is -0.366 e. The molecule has 1 fully saturated rings. The van der Waals surface area contributed by atoms with Gasteiger partial charge in [0.2, 0.25) is 0 Å². The fourth-order valence-corrected chi connectivity index (χ4v) is 2.94. The number of benzene rings is 1. The molecular weight excluding hydrogens is 314 g/mol. The monoisotopic (exact) mass is 333 g/mol. The Morgan fingerprint density at radius 2 is 2.09 bits per heavy atom. The zero-order valence-corrected chi connectivity index (χ0v) is 13.8. The molecule has 1 aliphatic heterocycles. The highest BCUT2D eigenvalue weighted by Gasteiger charge is 2.21. The first kappa shape index (κ1) is 17.1. The molecular formula is C15H19N5O2S. The van der Waals surface area contributed by atoms with Crippen molar-refractivity contribution in [2.45, 2.75) is 25.7 Å². The predicted molar refractivity (Wildman–Crippen MR) is 93.1 cm³/mol. The van der Waals surface area contributed by atoms with Gasteiger partial charge in [0.25, 0.3) is 5.69 Å². The maximum absolute atomic E-state index is 11.4. The van der Waals surface area contributed by atoms with Crippen LogP contribution >= 0.6 is 11.8 Å². The average molecular weight is 333 g/mol. The van der Waals surface area contributed by atoms with Crippen LogP contribution in [0.3, 0.4) is 0 Å². The normalized spacial score (nSPS) is 15.7. The van der Waals surface area contributed by atoms with Gasteiger partial charge >= 0.3 is 0 Å². The average Bonchev–Trinajstić information content (AvgIpc) is 2.83. The first-order chi connectivity index (χ1) is 11.2. The second kappa shape index (κ2) is 8.39. The van der Waals surface area contributed by atoms with Crippen molar-refractivity contribution in [2.75, 3.05) is 24.2 Å². The quantitative estimate of drug-likeness (QED) is 0.227. The van der Waals surface area contributed by atoms with Gasteiger partial charge in [0.1, 0.15) is 5.69 Å². The van der Waals surface area contributed by atoms with Crippen LogP contribution in [0.25, 0.3) is 0 Å². The number of rotatable bonds is 3. The maximum atomic E-state index is 11.4. The van der Waals surface area contributed by atoms with Crippen molar-refractivity contribution in [2.24, 2.45) is 4.99 Å². The molecule has 1 heterocycles. The Kier molecular flexibility index (Phi) is 6.23. The molecule has 2 rings (SSSR count). The number of thioether (sulfide) groups is 1.